The van der Waals surface area contributed by atoms with Crippen LogP contribution in [0.25, 0.3) is 0 Å². The second-order valence-corrected chi connectivity index (χ2v) is 7.76. The summed E-state index contributed by atoms with van der Waals surface area (Å²) in [5.41, 5.74) is 0.797. The number of esters is 1. The van der Waals surface area contributed by atoms with E-state index in [9.17, 15) is 28.1 Å². The molecule has 0 saturated heterocycles. The highest BCUT2D eigenvalue weighted by atomic mass is 32.2. The van der Waals surface area contributed by atoms with Crippen molar-refractivity contribution in [1.29, 1.82) is 0 Å². The Morgan fingerprint density at radius 1 is 1.13 bits per heavy atom. The highest BCUT2D eigenvalue weighted by Crippen LogP contribution is 2.28. The van der Waals surface area contributed by atoms with Gasteiger partial charge in [0.05, 0.1) is 28.7 Å². The molecule has 2 aromatic rings. The first kappa shape index (κ1) is 22.8. The standard InChI is InChI=1S/C18H19N3O8S/c1-12-3-6-14(7-4-12)30(26,27)19-10-18(23)29-11-17(22)20-15-8-5-13(21(24)25)9-16(15)28-2/h3-9,19H,10-11H2,1-2H3,(H,20,22). The summed E-state index contributed by atoms with van der Waals surface area (Å²) in [6.07, 6.45) is 0. The zero-order chi connectivity index (χ0) is 22.3. The summed E-state index contributed by atoms with van der Waals surface area (Å²) in [6, 6.07) is 9.59. The number of amides is 1. The number of nitro benzene ring substituents is 1. The molecule has 0 heterocycles. The van der Waals surface area contributed by atoms with E-state index in [2.05, 4.69) is 10.0 Å². The van der Waals surface area contributed by atoms with Crippen molar-refractivity contribution in [3.63, 3.8) is 0 Å². The summed E-state index contributed by atoms with van der Waals surface area (Å²) in [7, 11) is -2.63. The Kier molecular flexibility index (Phi) is 7.44. The monoisotopic (exact) mass is 437 g/mol. The SMILES string of the molecule is COc1cc([N+](=O)[O-])ccc1NC(=O)COC(=O)CNS(=O)(=O)c1ccc(C)cc1. The molecule has 160 valence electrons. The summed E-state index contributed by atoms with van der Waals surface area (Å²) < 4.78 is 36.0. The van der Waals surface area contributed by atoms with Crippen LogP contribution in [0.4, 0.5) is 11.4 Å². The number of aryl methyl sites for hydroxylation is 1. The van der Waals surface area contributed by atoms with Crippen LogP contribution in [0, 0.1) is 17.0 Å². The third kappa shape index (κ3) is 6.25. The number of nitro groups is 1. The van der Waals surface area contributed by atoms with Gasteiger partial charge in [-0.1, -0.05) is 17.7 Å². The van der Waals surface area contributed by atoms with Crippen molar-refractivity contribution in [1.82, 2.24) is 4.72 Å². The number of carbonyl (C=O) groups excluding carboxylic acids is 2. The second kappa shape index (κ2) is 9.80. The van der Waals surface area contributed by atoms with Gasteiger partial charge < -0.3 is 14.8 Å². The number of non-ortho nitro benzene ring substituents is 1. The molecular weight excluding hydrogens is 418 g/mol. The van der Waals surface area contributed by atoms with Crippen LogP contribution in [-0.2, 0) is 24.3 Å². The van der Waals surface area contributed by atoms with Gasteiger partial charge in [0.15, 0.2) is 6.61 Å². The number of benzene rings is 2. The van der Waals surface area contributed by atoms with Crippen molar-refractivity contribution in [3.8, 4) is 5.75 Å². The predicted molar refractivity (Wildman–Crippen MR) is 106 cm³/mol. The number of hydrogen-bond acceptors (Lipinski definition) is 8. The number of anilines is 1. The molecule has 11 nitrogen and oxygen atoms in total. The first-order valence-electron chi connectivity index (χ1n) is 8.46. The molecule has 12 heteroatoms. The molecule has 0 bridgehead atoms. The molecule has 2 rings (SSSR count). The van der Waals surface area contributed by atoms with Crippen LogP contribution < -0.4 is 14.8 Å². The van der Waals surface area contributed by atoms with E-state index in [1.54, 1.807) is 19.1 Å². The van der Waals surface area contributed by atoms with Gasteiger partial charge in [-0.15, -0.1) is 0 Å². The van der Waals surface area contributed by atoms with Gasteiger partial charge in [0, 0.05) is 6.07 Å². The minimum absolute atomic E-state index is 0.0103. The first-order valence-corrected chi connectivity index (χ1v) is 9.95. The van der Waals surface area contributed by atoms with Gasteiger partial charge in [0.1, 0.15) is 12.3 Å². The minimum atomic E-state index is -3.90. The van der Waals surface area contributed by atoms with E-state index in [1.807, 2.05) is 0 Å². The second-order valence-electron chi connectivity index (χ2n) is 5.99. The maximum Gasteiger partial charge on any atom is 0.321 e. The zero-order valence-electron chi connectivity index (χ0n) is 16.1. The Morgan fingerprint density at radius 2 is 1.80 bits per heavy atom. The molecule has 30 heavy (non-hydrogen) atoms. The van der Waals surface area contributed by atoms with E-state index in [0.29, 0.717) is 0 Å². The van der Waals surface area contributed by atoms with Crippen LogP contribution >= 0.6 is 0 Å². The fourth-order valence-corrected chi connectivity index (χ4v) is 3.20. The molecule has 0 fully saturated rings. The van der Waals surface area contributed by atoms with Crippen LogP contribution in [0.15, 0.2) is 47.4 Å². The molecule has 0 aliphatic heterocycles. The zero-order valence-corrected chi connectivity index (χ0v) is 16.9. The number of nitrogens with one attached hydrogen (secondary N) is 2. The molecule has 0 unspecified atom stereocenters. The smallest absolute Gasteiger partial charge is 0.321 e. The van der Waals surface area contributed by atoms with Crippen molar-refractivity contribution in [2.75, 3.05) is 25.6 Å². The van der Waals surface area contributed by atoms with Gasteiger partial charge in [0.25, 0.3) is 11.6 Å². The third-order valence-electron chi connectivity index (χ3n) is 3.77. The molecule has 2 aromatic carbocycles. The summed E-state index contributed by atoms with van der Waals surface area (Å²) in [5.74, 6) is -1.65. The van der Waals surface area contributed by atoms with Gasteiger partial charge >= 0.3 is 5.97 Å². The Labute approximate surface area is 172 Å². The molecule has 2 N–H and O–H groups in total. The fraction of sp³-hybridized carbons (Fsp3) is 0.222. The van der Waals surface area contributed by atoms with E-state index < -0.39 is 40.0 Å². The van der Waals surface area contributed by atoms with Crippen LogP contribution in [0.1, 0.15) is 5.56 Å². The molecule has 0 spiro atoms. The van der Waals surface area contributed by atoms with Gasteiger partial charge in [-0.05, 0) is 25.1 Å². The molecular formula is C18H19N3O8S. The molecule has 1 amide bonds. The molecule has 0 atom stereocenters. The van der Waals surface area contributed by atoms with Crippen LogP contribution in [0.3, 0.4) is 0 Å². The number of hydrogen-bond donors (Lipinski definition) is 2. The first-order chi connectivity index (χ1) is 14.1. The Morgan fingerprint density at radius 3 is 2.40 bits per heavy atom. The van der Waals surface area contributed by atoms with E-state index in [4.69, 9.17) is 9.47 Å². The van der Waals surface area contributed by atoms with Crippen LogP contribution in [-0.4, -0.2) is 45.5 Å². The van der Waals surface area contributed by atoms with Crippen LogP contribution in [0.2, 0.25) is 0 Å². The number of rotatable bonds is 9. The summed E-state index contributed by atoms with van der Waals surface area (Å²) in [4.78, 5) is 33.8. The number of methoxy groups -OCH3 is 1. The maximum absolute atomic E-state index is 12.1. The average molecular weight is 437 g/mol. The van der Waals surface area contributed by atoms with Gasteiger partial charge in [-0.3, -0.25) is 19.7 Å². The van der Waals surface area contributed by atoms with Crippen molar-refractivity contribution in [3.05, 3.63) is 58.1 Å². The topological polar surface area (TPSA) is 154 Å². The van der Waals surface area contributed by atoms with E-state index in [1.165, 1.54) is 31.4 Å². The Bertz CT molecular complexity index is 1050. The average Bonchev–Trinajstić information content (AvgIpc) is 2.71. The third-order valence-corrected chi connectivity index (χ3v) is 5.19. The quantitative estimate of drug-likeness (QED) is 0.339. The summed E-state index contributed by atoms with van der Waals surface area (Å²) in [6.45, 7) is 0.452. The predicted octanol–water partition coefficient (Wildman–Crippen LogP) is 1.37. The highest BCUT2D eigenvalue weighted by molar-refractivity contribution is 7.89. The number of sulfonamides is 1. The lowest BCUT2D eigenvalue weighted by molar-refractivity contribution is -0.384. The normalized spacial score (nSPS) is 10.9. The van der Waals surface area contributed by atoms with E-state index >= 15 is 0 Å². The summed E-state index contributed by atoms with van der Waals surface area (Å²) >= 11 is 0. The van der Waals surface area contributed by atoms with Gasteiger partial charge in [-0.25, -0.2) is 8.42 Å². The van der Waals surface area contributed by atoms with Gasteiger partial charge in [-0.2, -0.15) is 4.72 Å². The van der Waals surface area contributed by atoms with Crippen molar-refractivity contribution < 1.29 is 32.4 Å². The molecule has 0 aromatic heterocycles. The number of carbonyl (C=O) groups is 2. The lowest BCUT2D eigenvalue weighted by Crippen LogP contribution is -2.32. The number of nitrogens with zero attached hydrogens (tertiary/aromatic N) is 1. The van der Waals surface area contributed by atoms with E-state index in [0.717, 1.165) is 11.6 Å². The Hall–Kier alpha value is -3.51. The van der Waals surface area contributed by atoms with E-state index in [-0.39, 0.29) is 22.0 Å². The van der Waals surface area contributed by atoms with Crippen molar-refractivity contribution >= 4 is 33.3 Å². The molecule has 0 aliphatic rings. The lowest BCUT2D eigenvalue weighted by atomic mass is 10.2. The lowest BCUT2D eigenvalue weighted by Gasteiger charge is -2.10. The van der Waals surface area contributed by atoms with Crippen molar-refractivity contribution in [2.24, 2.45) is 0 Å². The molecule has 0 saturated carbocycles. The van der Waals surface area contributed by atoms with Gasteiger partial charge in [0.2, 0.25) is 10.0 Å². The summed E-state index contributed by atoms with van der Waals surface area (Å²) in [5, 5.41) is 13.2. The molecule has 0 aliphatic carbocycles. The number of ether oxygens (including phenoxy) is 2. The maximum atomic E-state index is 12.1. The fourth-order valence-electron chi connectivity index (χ4n) is 2.23. The molecule has 0 radical (unpaired) electrons. The minimum Gasteiger partial charge on any atom is -0.494 e. The largest absolute Gasteiger partial charge is 0.494 e. The van der Waals surface area contributed by atoms with Crippen molar-refractivity contribution in [2.45, 2.75) is 11.8 Å². The highest BCUT2D eigenvalue weighted by Gasteiger charge is 2.17. The van der Waals surface area contributed by atoms with Crippen LogP contribution in [0.5, 0.6) is 5.75 Å². The Balaban J connectivity index is 1.87.